The molecule has 0 aliphatic carbocycles. The molecule has 10 heavy (non-hydrogen) atoms. The molecule has 0 aromatic heterocycles. The third-order valence-electron chi connectivity index (χ3n) is 1.63. The van der Waals surface area contributed by atoms with Crippen molar-refractivity contribution < 1.29 is 4.74 Å². The van der Waals surface area contributed by atoms with E-state index in [1.807, 2.05) is 0 Å². The molecule has 0 unspecified atom stereocenters. The monoisotopic (exact) mass is 157 g/mol. The van der Waals surface area contributed by atoms with E-state index in [1.54, 1.807) is 0 Å². The van der Waals surface area contributed by atoms with Gasteiger partial charge in [-0.15, -0.1) is 0 Å². The Labute approximate surface area is 66.3 Å². The van der Waals surface area contributed by atoms with Crippen molar-refractivity contribution in [1.82, 2.24) is 0 Å². The van der Waals surface area contributed by atoms with Gasteiger partial charge in [-0.05, 0) is 31.5 Å². The van der Waals surface area contributed by atoms with E-state index in [-0.39, 0.29) is 0 Å². The molecule has 0 aromatic carbocycles. The minimum absolute atomic E-state index is 0.309. The van der Waals surface area contributed by atoms with Crippen LogP contribution in [0.15, 0.2) is 4.99 Å². The van der Waals surface area contributed by atoms with E-state index in [2.05, 4.69) is 22.4 Å². The summed E-state index contributed by atoms with van der Waals surface area (Å²) in [5, 5.41) is 2.34. The van der Waals surface area contributed by atoms with Gasteiger partial charge in [-0.3, -0.25) is 0 Å². The minimum Gasteiger partial charge on any atom is -0.376 e. The zero-order valence-corrected chi connectivity index (χ0v) is 6.69. The fourth-order valence-electron chi connectivity index (χ4n) is 1.09. The summed E-state index contributed by atoms with van der Waals surface area (Å²) in [6.45, 7) is 1.58. The Morgan fingerprint density at radius 2 is 2.50 bits per heavy atom. The lowest BCUT2D eigenvalue weighted by Crippen LogP contribution is -2.21. The molecule has 1 rings (SSSR count). The molecule has 1 heterocycles. The molecular weight excluding hydrogens is 146 g/mol. The summed E-state index contributed by atoms with van der Waals surface area (Å²) in [5.74, 6) is 0. The summed E-state index contributed by atoms with van der Waals surface area (Å²) in [6.07, 6.45) is 3.89. The number of hydrogen-bond donors (Lipinski definition) is 0. The molecule has 0 radical (unpaired) electrons. The van der Waals surface area contributed by atoms with Crippen LogP contribution in [0.5, 0.6) is 0 Å². The number of rotatable bonds is 2. The Hall–Kier alpha value is -0.240. The van der Waals surface area contributed by atoms with Gasteiger partial charge < -0.3 is 4.74 Å². The Morgan fingerprint density at radius 1 is 1.60 bits per heavy atom. The predicted octanol–water partition coefficient (Wildman–Crippen LogP) is 1.66. The molecule has 1 atom stereocenters. The Balaban J connectivity index is 2.19. The lowest BCUT2D eigenvalue weighted by Gasteiger charge is -2.19. The molecule has 0 saturated carbocycles. The summed E-state index contributed by atoms with van der Waals surface area (Å²) in [4.78, 5) is 3.84. The SMILES string of the molecule is S=C=NC[C@@H]1CCCCO1. The summed E-state index contributed by atoms with van der Waals surface area (Å²) >= 11 is 4.45. The van der Waals surface area contributed by atoms with Crippen molar-refractivity contribution in [1.29, 1.82) is 0 Å². The molecule has 1 aliphatic rings. The van der Waals surface area contributed by atoms with E-state index < -0.39 is 0 Å². The number of aliphatic imine (C=N–C) groups is 1. The first kappa shape index (κ1) is 7.86. The lowest BCUT2D eigenvalue weighted by atomic mass is 10.1. The molecule has 0 bridgehead atoms. The van der Waals surface area contributed by atoms with Gasteiger partial charge in [0.25, 0.3) is 0 Å². The second kappa shape index (κ2) is 4.56. The number of ether oxygens (including phenoxy) is 1. The molecule has 0 amide bonds. The predicted molar refractivity (Wildman–Crippen MR) is 43.5 cm³/mol. The van der Waals surface area contributed by atoms with Gasteiger partial charge in [-0.1, -0.05) is 0 Å². The highest BCUT2D eigenvalue weighted by Gasteiger charge is 2.11. The first-order valence-corrected chi connectivity index (χ1v) is 3.99. The van der Waals surface area contributed by atoms with Crippen LogP contribution in [0.25, 0.3) is 0 Å². The van der Waals surface area contributed by atoms with Gasteiger partial charge >= 0.3 is 0 Å². The van der Waals surface area contributed by atoms with Gasteiger partial charge in [0.15, 0.2) is 0 Å². The number of hydrogen-bond acceptors (Lipinski definition) is 3. The fourth-order valence-corrected chi connectivity index (χ4v) is 1.17. The molecule has 3 heteroatoms. The highest BCUT2D eigenvalue weighted by molar-refractivity contribution is 7.78. The molecule has 2 nitrogen and oxygen atoms in total. The lowest BCUT2D eigenvalue weighted by molar-refractivity contribution is 0.0226. The normalized spacial score (nSPS) is 25.4. The largest absolute Gasteiger partial charge is 0.376 e. The molecule has 0 spiro atoms. The van der Waals surface area contributed by atoms with Crippen LogP contribution in [0.2, 0.25) is 0 Å². The van der Waals surface area contributed by atoms with E-state index in [0.717, 1.165) is 13.0 Å². The second-order valence-corrected chi connectivity index (χ2v) is 2.60. The van der Waals surface area contributed by atoms with Crippen molar-refractivity contribution in [2.24, 2.45) is 4.99 Å². The maximum Gasteiger partial charge on any atom is 0.0778 e. The summed E-state index contributed by atoms with van der Waals surface area (Å²) in [7, 11) is 0. The third kappa shape index (κ3) is 2.56. The Kier molecular flexibility index (Phi) is 3.58. The van der Waals surface area contributed by atoms with Gasteiger partial charge in [0.2, 0.25) is 0 Å². The van der Waals surface area contributed by atoms with Crippen LogP contribution in [0, 0.1) is 0 Å². The highest BCUT2D eigenvalue weighted by Crippen LogP contribution is 2.12. The Bertz CT molecular complexity index is 137. The van der Waals surface area contributed by atoms with Crippen molar-refractivity contribution in [3.05, 3.63) is 0 Å². The van der Waals surface area contributed by atoms with E-state index in [1.165, 1.54) is 12.8 Å². The molecule has 0 aromatic rings. The molecule has 1 saturated heterocycles. The minimum atomic E-state index is 0.309. The van der Waals surface area contributed by atoms with E-state index in [9.17, 15) is 0 Å². The van der Waals surface area contributed by atoms with Crippen molar-refractivity contribution in [3.63, 3.8) is 0 Å². The topological polar surface area (TPSA) is 21.6 Å². The molecule has 0 N–H and O–H groups in total. The number of thiocarbonyl (C=S) groups is 1. The highest BCUT2D eigenvalue weighted by atomic mass is 32.1. The van der Waals surface area contributed by atoms with Crippen LogP contribution in [0.3, 0.4) is 0 Å². The standard InChI is InChI=1S/C7H11NOS/c10-6-8-5-7-3-1-2-4-9-7/h7H,1-5H2/t7-/m0/s1. The van der Waals surface area contributed by atoms with Gasteiger partial charge in [0.05, 0.1) is 17.8 Å². The van der Waals surface area contributed by atoms with Crippen molar-refractivity contribution in [2.75, 3.05) is 13.2 Å². The van der Waals surface area contributed by atoms with E-state index >= 15 is 0 Å². The van der Waals surface area contributed by atoms with Crippen LogP contribution in [0.4, 0.5) is 0 Å². The fraction of sp³-hybridized carbons (Fsp3) is 0.857. The van der Waals surface area contributed by atoms with Crippen molar-refractivity contribution in [3.8, 4) is 0 Å². The first-order valence-electron chi connectivity index (χ1n) is 3.58. The van der Waals surface area contributed by atoms with Crippen LogP contribution >= 0.6 is 12.2 Å². The maximum absolute atomic E-state index is 5.40. The van der Waals surface area contributed by atoms with Gasteiger partial charge in [-0.2, -0.15) is 0 Å². The van der Waals surface area contributed by atoms with Gasteiger partial charge in [-0.25, -0.2) is 4.99 Å². The summed E-state index contributed by atoms with van der Waals surface area (Å²) in [5.41, 5.74) is 0. The first-order chi connectivity index (χ1) is 4.93. The van der Waals surface area contributed by atoms with Gasteiger partial charge in [0, 0.05) is 6.61 Å². The summed E-state index contributed by atoms with van der Waals surface area (Å²) in [6, 6.07) is 0. The average molecular weight is 157 g/mol. The quantitative estimate of drug-likeness (QED) is 0.449. The molecule has 1 fully saturated rings. The molecule has 56 valence electrons. The number of nitrogens with zero attached hydrogens (tertiary/aromatic N) is 1. The second-order valence-electron chi connectivity index (χ2n) is 2.42. The summed E-state index contributed by atoms with van der Waals surface area (Å²) < 4.78 is 5.40. The third-order valence-corrected chi connectivity index (χ3v) is 1.76. The van der Waals surface area contributed by atoms with Crippen LogP contribution in [-0.2, 0) is 4.74 Å². The zero-order valence-electron chi connectivity index (χ0n) is 5.88. The molecule has 1 aliphatic heterocycles. The van der Waals surface area contributed by atoms with E-state index in [4.69, 9.17) is 4.74 Å². The van der Waals surface area contributed by atoms with Crippen LogP contribution < -0.4 is 0 Å². The van der Waals surface area contributed by atoms with Crippen molar-refractivity contribution >= 4 is 17.4 Å². The average Bonchev–Trinajstić information content (AvgIpc) is 2.03. The maximum atomic E-state index is 5.40. The van der Waals surface area contributed by atoms with Crippen molar-refractivity contribution in [2.45, 2.75) is 25.4 Å². The van der Waals surface area contributed by atoms with Gasteiger partial charge in [0.1, 0.15) is 0 Å². The number of isothiocyanates is 1. The van der Waals surface area contributed by atoms with Crippen LogP contribution in [0.1, 0.15) is 19.3 Å². The van der Waals surface area contributed by atoms with Crippen LogP contribution in [-0.4, -0.2) is 24.4 Å². The van der Waals surface area contributed by atoms with E-state index in [0.29, 0.717) is 12.6 Å². The molecular formula is C7H11NOS. The Morgan fingerprint density at radius 3 is 3.10 bits per heavy atom. The smallest absolute Gasteiger partial charge is 0.0778 e. The zero-order chi connectivity index (χ0) is 7.23.